The summed E-state index contributed by atoms with van der Waals surface area (Å²) in [6, 6.07) is 12.1. The van der Waals surface area contributed by atoms with Gasteiger partial charge in [-0.25, -0.2) is 4.39 Å². The highest BCUT2D eigenvalue weighted by molar-refractivity contribution is 7.13. The second kappa shape index (κ2) is 10.3. The Morgan fingerprint density at radius 1 is 1.19 bits per heavy atom. The molecule has 0 atom stereocenters. The number of nitrogens with one attached hydrogen (secondary N) is 1. The molecule has 0 aliphatic heterocycles. The maximum absolute atomic E-state index is 13.1. The van der Waals surface area contributed by atoms with Gasteiger partial charge in [-0.05, 0) is 61.0 Å². The molecule has 0 fully saturated rings. The summed E-state index contributed by atoms with van der Waals surface area (Å²) in [6.07, 6.45) is 3.28. The van der Waals surface area contributed by atoms with Gasteiger partial charge in [0.15, 0.2) is 0 Å². The van der Waals surface area contributed by atoms with Crippen LogP contribution in [0.15, 0.2) is 52.4 Å². The highest BCUT2D eigenvalue weighted by Crippen LogP contribution is 2.22. The summed E-state index contributed by atoms with van der Waals surface area (Å²) in [5.41, 5.74) is 2.64. The minimum atomic E-state index is -0.266. The van der Waals surface area contributed by atoms with Gasteiger partial charge in [0.2, 0.25) is 17.6 Å². The average Bonchev–Trinajstić information content (AvgIpc) is 3.56. The van der Waals surface area contributed by atoms with E-state index in [1.165, 1.54) is 12.1 Å². The largest absolute Gasteiger partial charge is 0.346 e. The van der Waals surface area contributed by atoms with Crippen molar-refractivity contribution in [1.82, 2.24) is 25.2 Å². The summed E-state index contributed by atoms with van der Waals surface area (Å²) >= 11 is 1.56. The van der Waals surface area contributed by atoms with Gasteiger partial charge in [0.25, 0.3) is 0 Å². The van der Waals surface area contributed by atoms with E-state index in [0.717, 1.165) is 34.7 Å². The molecule has 1 amide bonds. The van der Waals surface area contributed by atoms with Crippen molar-refractivity contribution in [2.45, 2.75) is 32.1 Å². The molecule has 0 saturated heterocycles. The zero-order chi connectivity index (χ0) is 22.3. The molecule has 1 N–H and O–H groups in total. The van der Waals surface area contributed by atoms with Crippen LogP contribution < -0.4 is 0 Å². The highest BCUT2D eigenvalue weighted by Gasteiger charge is 2.12. The van der Waals surface area contributed by atoms with E-state index in [9.17, 15) is 9.18 Å². The lowest BCUT2D eigenvalue weighted by atomic mass is 10.1. The van der Waals surface area contributed by atoms with Crippen LogP contribution in [-0.2, 0) is 17.6 Å². The third kappa shape index (κ3) is 5.67. The molecule has 1 aromatic carbocycles. The lowest BCUT2D eigenvalue weighted by Gasteiger charge is -2.16. The van der Waals surface area contributed by atoms with E-state index in [4.69, 9.17) is 4.52 Å². The molecular weight excluding hydrogens is 429 g/mol. The Morgan fingerprint density at radius 2 is 2.03 bits per heavy atom. The molecule has 3 heterocycles. The topological polar surface area (TPSA) is 87.9 Å². The summed E-state index contributed by atoms with van der Waals surface area (Å²) in [5, 5.41) is 13.3. The summed E-state index contributed by atoms with van der Waals surface area (Å²) in [5.74, 6) is 0.983. The van der Waals surface area contributed by atoms with Crippen molar-refractivity contribution in [3.63, 3.8) is 0 Å². The normalized spacial score (nSPS) is 11.1. The van der Waals surface area contributed by atoms with Crippen molar-refractivity contribution >= 4 is 17.2 Å². The number of amides is 1. The number of aromatic amines is 1. The van der Waals surface area contributed by atoms with Gasteiger partial charge in [-0.15, -0.1) is 11.3 Å². The van der Waals surface area contributed by atoms with Crippen LogP contribution in [0.4, 0.5) is 4.39 Å². The molecule has 9 heteroatoms. The Morgan fingerprint density at radius 3 is 2.81 bits per heavy atom. The Labute approximate surface area is 189 Å². The number of halogens is 1. The number of aromatic nitrogens is 4. The van der Waals surface area contributed by atoms with Gasteiger partial charge in [0.05, 0.1) is 10.6 Å². The third-order valence-corrected chi connectivity index (χ3v) is 5.99. The maximum Gasteiger partial charge on any atom is 0.226 e. The van der Waals surface area contributed by atoms with Crippen LogP contribution in [0.3, 0.4) is 0 Å². The van der Waals surface area contributed by atoms with E-state index in [-0.39, 0.29) is 11.7 Å². The molecule has 32 heavy (non-hydrogen) atoms. The fourth-order valence-electron chi connectivity index (χ4n) is 3.33. The summed E-state index contributed by atoms with van der Waals surface area (Å²) in [6.45, 7) is 0.660. The second-order valence-corrected chi connectivity index (χ2v) is 8.49. The van der Waals surface area contributed by atoms with E-state index in [2.05, 4.69) is 20.3 Å². The number of rotatable bonds is 10. The number of H-pyrrole nitrogens is 1. The van der Waals surface area contributed by atoms with E-state index in [0.29, 0.717) is 37.5 Å². The number of aryl methyl sites for hydroxylation is 2. The molecule has 0 radical (unpaired) electrons. The molecule has 0 spiro atoms. The molecule has 0 saturated carbocycles. The number of nitrogens with zero attached hydrogens (tertiary/aromatic N) is 4. The van der Waals surface area contributed by atoms with Crippen molar-refractivity contribution in [3.05, 3.63) is 65.2 Å². The van der Waals surface area contributed by atoms with Gasteiger partial charge in [-0.1, -0.05) is 11.2 Å². The molecule has 7 nitrogen and oxygen atoms in total. The number of carbonyl (C=O) groups is 1. The molecule has 0 aliphatic carbocycles. The average molecular weight is 454 g/mol. The summed E-state index contributed by atoms with van der Waals surface area (Å²) in [7, 11) is 1.82. The number of hydrogen-bond acceptors (Lipinski definition) is 6. The Bertz CT molecular complexity index is 1140. The van der Waals surface area contributed by atoms with Gasteiger partial charge in [-0.3, -0.25) is 9.89 Å². The van der Waals surface area contributed by atoms with Gasteiger partial charge < -0.3 is 9.42 Å². The zero-order valence-corrected chi connectivity index (χ0v) is 18.6. The lowest BCUT2D eigenvalue weighted by molar-refractivity contribution is -0.130. The van der Waals surface area contributed by atoms with E-state index >= 15 is 0 Å². The van der Waals surface area contributed by atoms with Gasteiger partial charge in [0.1, 0.15) is 5.82 Å². The first kappa shape index (κ1) is 21.9. The molecular formula is C23H24FN5O2S. The van der Waals surface area contributed by atoms with Crippen molar-refractivity contribution in [3.8, 4) is 22.0 Å². The lowest BCUT2D eigenvalue weighted by Crippen LogP contribution is -2.27. The van der Waals surface area contributed by atoms with Crippen LogP contribution in [0.2, 0.25) is 0 Å². The molecule has 4 aromatic rings. The van der Waals surface area contributed by atoms with Gasteiger partial charge in [-0.2, -0.15) is 10.1 Å². The van der Waals surface area contributed by atoms with Crippen LogP contribution in [0.1, 0.15) is 30.8 Å². The SMILES string of the molecule is CN(CCCc1cc(-c2ccc(F)cc2)n[nH]1)C(=O)CCCc1nc(-c2cccs2)no1. The van der Waals surface area contributed by atoms with Crippen molar-refractivity contribution in [1.29, 1.82) is 0 Å². The van der Waals surface area contributed by atoms with Crippen molar-refractivity contribution < 1.29 is 13.7 Å². The maximum atomic E-state index is 13.1. The Kier molecular flexibility index (Phi) is 7.06. The summed E-state index contributed by atoms with van der Waals surface area (Å²) in [4.78, 5) is 19.5. The standard InChI is InChI=1S/C23H24FN5O2S/c1-29(13-3-5-18-15-19(27-26-18)16-9-11-17(24)12-10-16)22(30)8-2-7-21-25-23(28-31-21)20-6-4-14-32-20/h4,6,9-12,14-15H,2-3,5,7-8,13H2,1H3,(H,26,27). The van der Waals surface area contributed by atoms with Crippen LogP contribution >= 0.6 is 11.3 Å². The predicted molar refractivity (Wildman–Crippen MR) is 120 cm³/mol. The van der Waals surface area contributed by atoms with Crippen molar-refractivity contribution in [2.24, 2.45) is 0 Å². The second-order valence-electron chi connectivity index (χ2n) is 7.55. The number of hydrogen-bond donors (Lipinski definition) is 1. The van der Waals surface area contributed by atoms with Gasteiger partial charge in [0, 0.05) is 37.7 Å². The van der Waals surface area contributed by atoms with Crippen LogP contribution in [0.25, 0.3) is 22.0 Å². The first-order valence-electron chi connectivity index (χ1n) is 10.5. The van der Waals surface area contributed by atoms with Crippen LogP contribution in [0, 0.1) is 5.82 Å². The molecule has 0 bridgehead atoms. The fourth-order valence-corrected chi connectivity index (χ4v) is 3.98. The first-order valence-corrected chi connectivity index (χ1v) is 11.4. The fraction of sp³-hybridized carbons (Fsp3) is 0.304. The molecule has 0 unspecified atom stereocenters. The quantitative estimate of drug-likeness (QED) is 0.375. The van der Waals surface area contributed by atoms with E-state index < -0.39 is 0 Å². The van der Waals surface area contributed by atoms with Crippen LogP contribution in [0.5, 0.6) is 0 Å². The monoisotopic (exact) mass is 453 g/mol. The van der Waals surface area contributed by atoms with E-state index in [1.807, 2.05) is 30.6 Å². The minimum Gasteiger partial charge on any atom is -0.346 e. The molecule has 4 rings (SSSR count). The molecule has 0 aliphatic rings. The first-order chi connectivity index (χ1) is 15.6. The van der Waals surface area contributed by atoms with E-state index in [1.54, 1.807) is 28.4 Å². The number of benzene rings is 1. The third-order valence-electron chi connectivity index (χ3n) is 5.13. The summed E-state index contributed by atoms with van der Waals surface area (Å²) < 4.78 is 18.3. The number of thiophene rings is 1. The highest BCUT2D eigenvalue weighted by atomic mass is 32.1. The van der Waals surface area contributed by atoms with Crippen LogP contribution in [-0.4, -0.2) is 44.7 Å². The minimum absolute atomic E-state index is 0.0969. The molecule has 3 aromatic heterocycles. The Balaban J connectivity index is 1.16. The number of carbonyl (C=O) groups excluding carboxylic acids is 1. The van der Waals surface area contributed by atoms with Crippen molar-refractivity contribution in [2.75, 3.05) is 13.6 Å². The predicted octanol–water partition coefficient (Wildman–Crippen LogP) is 4.74. The van der Waals surface area contributed by atoms with Gasteiger partial charge >= 0.3 is 0 Å². The molecule has 166 valence electrons. The zero-order valence-electron chi connectivity index (χ0n) is 17.8. The smallest absolute Gasteiger partial charge is 0.226 e. The Hall–Kier alpha value is -3.33.